The molecule has 0 fully saturated rings. The normalized spacial score (nSPS) is 22.1. The van der Waals surface area contributed by atoms with Crippen molar-refractivity contribution in [2.75, 3.05) is 0 Å². The minimum absolute atomic E-state index is 0.272. The fourth-order valence-electron chi connectivity index (χ4n) is 3.66. The van der Waals surface area contributed by atoms with E-state index in [9.17, 15) is 0 Å². The van der Waals surface area contributed by atoms with Crippen LogP contribution in [-0.2, 0) is 0 Å². The molecule has 122 valence electrons. The van der Waals surface area contributed by atoms with E-state index < -0.39 is 8.80 Å². The molecule has 0 amide bonds. The summed E-state index contributed by atoms with van der Waals surface area (Å²) in [5, 5.41) is 0. The van der Waals surface area contributed by atoms with Crippen molar-refractivity contribution in [3.63, 3.8) is 0 Å². The van der Waals surface area contributed by atoms with Gasteiger partial charge < -0.3 is 0 Å². The lowest BCUT2D eigenvalue weighted by molar-refractivity contribution is 0.988. The molecule has 0 aliphatic carbocycles. The number of hydrogen-bond acceptors (Lipinski definition) is 0. The Morgan fingerprint density at radius 3 is 1.95 bits per heavy atom. The Kier molecular flexibility index (Phi) is 13.3. The summed E-state index contributed by atoms with van der Waals surface area (Å²) in [6.45, 7) is 13.5. The maximum absolute atomic E-state index is 2.82. The van der Waals surface area contributed by atoms with Gasteiger partial charge in [-0.2, -0.15) is 0 Å². The van der Waals surface area contributed by atoms with E-state index in [1.54, 1.807) is 39.3 Å². The van der Waals surface area contributed by atoms with Crippen molar-refractivity contribution in [3.05, 3.63) is 0 Å². The van der Waals surface area contributed by atoms with Crippen LogP contribution in [0.3, 0.4) is 0 Å². The fourth-order valence-corrected chi connectivity index (χ4v) is 36.2. The molecule has 20 heavy (non-hydrogen) atoms. The van der Waals surface area contributed by atoms with E-state index in [1.165, 1.54) is 30.8 Å². The van der Waals surface area contributed by atoms with Crippen molar-refractivity contribution in [2.24, 2.45) is 0 Å². The van der Waals surface area contributed by atoms with Gasteiger partial charge in [0.2, 0.25) is 0 Å². The van der Waals surface area contributed by atoms with Gasteiger partial charge in [-0.25, -0.2) is 0 Å². The predicted octanol–water partition coefficient (Wildman–Crippen LogP) is -1.16. The quantitative estimate of drug-likeness (QED) is 0.377. The summed E-state index contributed by atoms with van der Waals surface area (Å²) in [7, 11) is 3.64. The highest BCUT2D eigenvalue weighted by atomic mass is 28.4. The van der Waals surface area contributed by atoms with E-state index in [2.05, 4.69) is 32.7 Å². The highest BCUT2D eigenvalue weighted by Crippen LogP contribution is 2.33. The van der Waals surface area contributed by atoms with Gasteiger partial charge in [0.05, 0.1) is 0 Å². The summed E-state index contributed by atoms with van der Waals surface area (Å²) < 4.78 is 0. The second-order valence-electron chi connectivity index (χ2n) is 7.74. The monoisotopic (exact) mass is 410 g/mol. The zero-order chi connectivity index (χ0) is 15.7. The van der Waals surface area contributed by atoms with Crippen molar-refractivity contribution in [1.29, 1.82) is 0 Å². The van der Waals surface area contributed by atoms with Crippen molar-refractivity contribution in [3.8, 4) is 0 Å². The minimum Gasteiger partial charge on any atom is -0.0750 e. The molecule has 0 aliphatic rings. The van der Waals surface area contributed by atoms with Crippen LogP contribution in [0.5, 0.6) is 0 Å². The van der Waals surface area contributed by atoms with E-state index in [0.717, 1.165) is 0 Å². The fraction of sp³-hybridized carbons (Fsp3) is 1.00. The second kappa shape index (κ2) is 12.2. The average Bonchev–Trinajstić information content (AvgIpc) is 2.44. The predicted molar refractivity (Wildman–Crippen MR) is 128 cm³/mol. The third-order valence-electron chi connectivity index (χ3n) is 6.00. The molecule has 0 radical (unpaired) electrons. The smallest absolute Gasteiger partial charge is 0.0330 e. The van der Waals surface area contributed by atoms with Gasteiger partial charge in [-0.15, -0.1) is 0 Å². The zero-order valence-electron chi connectivity index (χ0n) is 15.7. The van der Waals surface area contributed by atoms with Gasteiger partial charge in [0.1, 0.15) is 0 Å². The van der Waals surface area contributed by atoms with Crippen LogP contribution in [-0.4, -0.2) is 75.4 Å². The third-order valence-corrected chi connectivity index (χ3v) is 42.7. The first-order chi connectivity index (χ1) is 9.37. The molecule has 0 heterocycles. The number of rotatable bonds is 11. The molecule has 0 aliphatic heterocycles. The molecule has 0 spiro atoms. The Balaban J connectivity index is 4.72. The van der Waals surface area contributed by atoms with E-state index in [0.29, 0.717) is 9.52 Å². The molecule has 0 aromatic heterocycles. The van der Waals surface area contributed by atoms with Crippen LogP contribution >= 0.6 is 0 Å². The van der Waals surface area contributed by atoms with Crippen LogP contribution in [0.1, 0.15) is 0 Å². The first-order valence-corrected chi connectivity index (χ1v) is 26.5. The van der Waals surface area contributed by atoms with Gasteiger partial charge in [-0.05, 0) is 20.5 Å². The van der Waals surface area contributed by atoms with Gasteiger partial charge in [0.25, 0.3) is 0 Å². The van der Waals surface area contributed by atoms with Crippen molar-refractivity contribution < 1.29 is 0 Å². The van der Waals surface area contributed by atoms with Crippen LogP contribution in [0.25, 0.3) is 0 Å². The molecule has 0 saturated carbocycles. The minimum atomic E-state index is -0.392. The summed E-state index contributed by atoms with van der Waals surface area (Å²) in [5.74, 6) is 0. The van der Waals surface area contributed by atoms with E-state index in [-0.39, 0.29) is 26.4 Å². The van der Waals surface area contributed by atoms with Crippen LogP contribution in [0, 0.1) is 0 Å². The number of hydrogen-bond donors (Lipinski definition) is 0. The largest absolute Gasteiger partial charge is 0.0750 e. The Hall–Kier alpha value is 1.74. The molecular formula is C12H42Si8. The lowest BCUT2D eigenvalue weighted by Gasteiger charge is -2.33. The zero-order valence-corrected chi connectivity index (χ0v) is 27.7. The van der Waals surface area contributed by atoms with Crippen molar-refractivity contribution >= 4 is 75.4 Å². The molecule has 6 atom stereocenters. The van der Waals surface area contributed by atoms with Crippen LogP contribution in [0.4, 0.5) is 0 Å². The van der Waals surface area contributed by atoms with Crippen LogP contribution < -0.4 is 0 Å². The van der Waals surface area contributed by atoms with Gasteiger partial charge in [-0.1, -0.05) is 72.2 Å². The van der Waals surface area contributed by atoms with Gasteiger partial charge in [0.15, 0.2) is 0 Å². The van der Waals surface area contributed by atoms with E-state index >= 15 is 0 Å². The van der Waals surface area contributed by atoms with Gasteiger partial charge in [0, 0.05) is 54.9 Å². The van der Waals surface area contributed by atoms with E-state index in [1.807, 2.05) is 0 Å². The van der Waals surface area contributed by atoms with Crippen LogP contribution in [0.15, 0.2) is 0 Å². The highest BCUT2D eigenvalue weighted by Gasteiger charge is 2.29. The lowest BCUT2D eigenvalue weighted by atomic mass is 10.5. The molecular weight excluding hydrogens is 369 g/mol. The molecule has 0 nitrogen and oxygen atoms in total. The van der Waals surface area contributed by atoms with Crippen molar-refractivity contribution in [1.82, 2.24) is 0 Å². The summed E-state index contributed by atoms with van der Waals surface area (Å²) in [6.07, 6.45) is 0. The molecule has 0 N–H and O–H groups in total. The molecule has 0 saturated heterocycles. The molecule has 8 heteroatoms. The molecule has 0 aromatic carbocycles. The van der Waals surface area contributed by atoms with Crippen LogP contribution in [0.2, 0.25) is 72.2 Å². The summed E-state index contributed by atoms with van der Waals surface area (Å²) >= 11 is 0. The summed E-state index contributed by atoms with van der Waals surface area (Å²) in [5.41, 5.74) is 6.48. The maximum atomic E-state index is 2.82. The summed E-state index contributed by atoms with van der Waals surface area (Å²) in [6, 6.07) is 3.56. The Morgan fingerprint density at radius 2 is 1.50 bits per heavy atom. The SMILES string of the molecule is C[SiH2]C[SiH](C)CC(C[SiH](C)C[SiH3])[SiH](C)C([SiH3])[SiH](C)C[SiH3]. The van der Waals surface area contributed by atoms with Gasteiger partial charge >= 0.3 is 0 Å². The summed E-state index contributed by atoms with van der Waals surface area (Å²) in [4.78, 5) is 1.38. The average molecular weight is 411 g/mol. The Morgan fingerprint density at radius 1 is 0.950 bits per heavy atom. The molecule has 6 unspecified atom stereocenters. The standard InChI is InChI=1S/C12H42Si8/c1-16-10-18(3)7-11(6-17(2)8-13)20(5)12(15)19(4)9-14/h11-12,17-20H,6-10,16H2,1-5,13-15H3. The van der Waals surface area contributed by atoms with E-state index in [4.69, 9.17) is 0 Å². The van der Waals surface area contributed by atoms with Crippen molar-refractivity contribution in [2.45, 2.75) is 72.2 Å². The maximum Gasteiger partial charge on any atom is 0.0330 e. The first kappa shape index (κ1) is 21.7. The third kappa shape index (κ3) is 8.39. The topological polar surface area (TPSA) is 0 Å². The first-order valence-electron chi connectivity index (χ1n) is 9.37. The molecule has 0 rings (SSSR count). The molecule has 0 bridgehead atoms. The second-order valence-corrected chi connectivity index (χ2v) is 34.4. The highest BCUT2D eigenvalue weighted by molar-refractivity contribution is 6.90. The molecule has 0 aromatic rings. The Labute approximate surface area is 147 Å². The lowest BCUT2D eigenvalue weighted by Crippen LogP contribution is -2.36. The van der Waals surface area contributed by atoms with Gasteiger partial charge in [-0.3, -0.25) is 0 Å². The Bertz CT molecular complexity index is 239.